The van der Waals surface area contributed by atoms with Crippen molar-refractivity contribution in [3.63, 3.8) is 0 Å². The second-order valence-electron chi connectivity index (χ2n) is 7.78. The number of rotatable bonds is 7. The fourth-order valence-corrected chi connectivity index (χ4v) is 4.42. The number of nitrogens with zero attached hydrogens (tertiary/aromatic N) is 1. The van der Waals surface area contributed by atoms with Gasteiger partial charge in [0.15, 0.2) is 0 Å². The molecule has 1 fully saturated rings. The van der Waals surface area contributed by atoms with Crippen molar-refractivity contribution in [1.82, 2.24) is 10.2 Å². The molecule has 1 heterocycles. The van der Waals surface area contributed by atoms with E-state index in [-0.39, 0.29) is 22.8 Å². The molecular weight excluding hydrogens is 410 g/mol. The molecule has 1 aliphatic rings. The zero-order chi connectivity index (χ0) is 21.8. The van der Waals surface area contributed by atoms with Crippen molar-refractivity contribution >= 4 is 15.9 Å². The highest BCUT2D eigenvalue weighted by atomic mass is 32.2. The van der Waals surface area contributed by atoms with Crippen molar-refractivity contribution in [1.29, 1.82) is 0 Å². The van der Waals surface area contributed by atoms with Gasteiger partial charge in [-0.05, 0) is 28.8 Å². The first-order valence-corrected chi connectivity index (χ1v) is 11.7. The van der Waals surface area contributed by atoms with Crippen LogP contribution in [0.25, 0.3) is 0 Å². The van der Waals surface area contributed by atoms with Crippen molar-refractivity contribution in [2.75, 3.05) is 13.1 Å². The van der Waals surface area contributed by atoms with E-state index in [4.69, 9.17) is 5.14 Å². The van der Waals surface area contributed by atoms with Crippen LogP contribution in [0.3, 0.4) is 0 Å². The number of carbonyl (C=O) groups excluding carboxylic acids is 1. The highest BCUT2D eigenvalue weighted by Gasteiger charge is 2.37. The molecule has 0 aliphatic carbocycles. The summed E-state index contributed by atoms with van der Waals surface area (Å²) in [7, 11) is -3.71. The summed E-state index contributed by atoms with van der Waals surface area (Å²) in [6, 6.07) is 27.0. The van der Waals surface area contributed by atoms with Crippen LogP contribution in [-0.4, -0.2) is 32.3 Å². The number of nitrogens with one attached hydrogen (secondary N) is 1. The summed E-state index contributed by atoms with van der Waals surface area (Å²) in [5.41, 5.74) is 3.24. The van der Waals surface area contributed by atoms with Gasteiger partial charge in [-0.25, -0.2) is 13.6 Å². The molecule has 3 aromatic rings. The number of amides is 1. The van der Waals surface area contributed by atoms with Crippen LogP contribution < -0.4 is 10.5 Å². The molecule has 0 spiro atoms. The first-order chi connectivity index (χ1) is 14.9. The van der Waals surface area contributed by atoms with Crippen molar-refractivity contribution < 1.29 is 13.2 Å². The van der Waals surface area contributed by atoms with Gasteiger partial charge in [0.05, 0.1) is 16.9 Å². The molecule has 0 saturated carbocycles. The van der Waals surface area contributed by atoms with Gasteiger partial charge in [0.1, 0.15) is 0 Å². The van der Waals surface area contributed by atoms with Crippen LogP contribution >= 0.6 is 0 Å². The lowest BCUT2D eigenvalue weighted by molar-refractivity contribution is -0.131. The maximum atomic E-state index is 12.6. The summed E-state index contributed by atoms with van der Waals surface area (Å²) in [4.78, 5) is 15.0. The molecular formula is C24H25N3O3S. The number of likely N-dealkylation sites (tertiary alicyclic amines) is 1. The average Bonchev–Trinajstić information content (AvgIpc) is 2.75. The summed E-state index contributed by atoms with van der Waals surface area (Å²) in [5, 5.41) is 8.07. The van der Waals surface area contributed by atoms with Gasteiger partial charge in [-0.3, -0.25) is 9.69 Å². The van der Waals surface area contributed by atoms with Crippen LogP contribution in [-0.2, 0) is 21.4 Å². The molecule has 3 N–H and O–H groups in total. The van der Waals surface area contributed by atoms with Gasteiger partial charge >= 0.3 is 0 Å². The second kappa shape index (κ2) is 9.01. The van der Waals surface area contributed by atoms with Gasteiger partial charge in [0, 0.05) is 19.6 Å². The smallest absolute Gasteiger partial charge is 0.238 e. The highest BCUT2D eigenvalue weighted by molar-refractivity contribution is 7.89. The van der Waals surface area contributed by atoms with E-state index >= 15 is 0 Å². The zero-order valence-corrected chi connectivity index (χ0v) is 17.8. The Labute approximate surface area is 182 Å². The van der Waals surface area contributed by atoms with Gasteiger partial charge in [0.2, 0.25) is 15.9 Å². The molecule has 7 heteroatoms. The third-order valence-electron chi connectivity index (χ3n) is 5.59. The first kappa shape index (κ1) is 21.2. The molecule has 4 rings (SSSR count). The fraction of sp³-hybridized carbons (Fsp3) is 0.208. The predicted octanol–water partition coefficient (Wildman–Crippen LogP) is 2.67. The van der Waals surface area contributed by atoms with E-state index < -0.39 is 10.0 Å². The Balaban J connectivity index is 1.36. The van der Waals surface area contributed by atoms with E-state index in [2.05, 4.69) is 34.5 Å². The predicted molar refractivity (Wildman–Crippen MR) is 119 cm³/mol. The molecule has 3 aromatic carbocycles. The van der Waals surface area contributed by atoms with E-state index in [0.29, 0.717) is 19.6 Å². The normalized spacial score (nSPS) is 14.9. The van der Waals surface area contributed by atoms with Crippen LogP contribution in [0, 0.1) is 5.92 Å². The summed E-state index contributed by atoms with van der Waals surface area (Å²) in [6.45, 7) is 1.72. The molecule has 0 radical (unpaired) electrons. The van der Waals surface area contributed by atoms with E-state index in [9.17, 15) is 13.2 Å². The lowest BCUT2D eigenvalue weighted by Crippen LogP contribution is -2.54. The molecule has 0 atom stereocenters. The quantitative estimate of drug-likeness (QED) is 0.597. The third kappa shape index (κ3) is 5.02. The van der Waals surface area contributed by atoms with Crippen molar-refractivity contribution in [2.45, 2.75) is 17.5 Å². The fourth-order valence-electron chi connectivity index (χ4n) is 3.90. The molecule has 0 aromatic heterocycles. The van der Waals surface area contributed by atoms with Crippen LogP contribution in [0.15, 0.2) is 89.8 Å². The van der Waals surface area contributed by atoms with Crippen molar-refractivity contribution in [3.8, 4) is 0 Å². The molecule has 1 aliphatic heterocycles. The van der Waals surface area contributed by atoms with Crippen LogP contribution in [0.1, 0.15) is 22.7 Å². The highest BCUT2D eigenvalue weighted by Crippen LogP contribution is 2.34. The number of primary sulfonamides is 1. The molecule has 1 amide bonds. The van der Waals surface area contributed by atoms with Crippen LogP contribution in [0.5, 0.6) is 0 Å². The Kier molecular flexibility index (Phi) is 6.18. The molecule has 1 saturated heterocycles. The summed E-state index contributed by atoms with van der Waals surface area (Å²) in [5.74, 6) is -0.0646. The summed E-state index contributed by atoms with van der Waals surface area (Å²) >= 11 is 0. The second-order valence-corrected chi connectivity index (χ2v) is 9.34. The van der Waals surface area contributed by atoms with E-state index in [1.165, 1.54) is 23.3 Å². The summed E-state index contributed by atoms with van der Waals surface area (Å²) in [6.07, 6.45) is 0. The lowest BCUT2D eigenvalue weighted by Gasteiger charge is -2.44. The molecule has 0 bridgehead atoms. The Bertz CT molecular complexity index is 1090. The van der Waals surface area contributed by atoms with Gasteiger partial charge in [-0.15, -0.1) is 0 Å². The van der Waals surface area contributed by atoms with Crippen molar-refractivity contribution in [3.05, 3.63) is 102 Å². The zero-order valence-electron chi connectivity index (χ0n) is 17.0. The number of hydrogen-bond donors (Lipinski definition) is 2. The van der Waals surface area contributed by atoms with Crippen molar-refractivity contribution in [2.24, 2.45) is 11.1 Å². The number of benzene rings is 3. The number of sulfonamides is 1. The van der Waals surface area contributed by atoms with Gasteiger partial charge in [-0.1, -0.05) is 72.8 Å². The number of hydrogen-bond acceptors (Lipinski definition) is 4. The first-order valence-electron chi connectivity index (χ1n) is 10.2. The average molecular weight is 436 g/mol. The number of nitrogens with two attached hydrogens (primary N) is 1. The standard InChI is InChI=1S/C24H25N3O3S/c25-31(29,30)22-13-11-18(12-14-22)15-26-24(28)21-16-27(17-21)23(19-7-3-1-4-8-19)20-9-5-2-6-10-20/h1-14,21,23H,15-17H2,(H,26,28)(H2,25,29,30). The molecule has 160 valence electrons. The Morgan fingerprint density at radius 3 is 1.90 bits per heavy atom. The molecule has 6 nitrogen and oxygen atoms in total. The Hall–Kier alpha value is -3.00. The van der Waals surface area contributed by atoms with Crippen LogP contribution in [0.4, 0.5) is 0 Å². The van der Waals surface area contributed by atoms with Crippen LogP contribution in [0.2, 0.25) is 0 Å². The molecule has 31 heavy (non-hydrogen) atoms. The minimum Gasteiger partial charge on any atom is -0.352 e. The SMILES string of the molecule is NS(=O)(=O)c1ccc(CNC(=O)C2CN(C(c3ccccc3)c3ccccc3)C2)cc1. The summed E-state index contributed by atoms with van der Waals surface area (Å²) < 4.78 is 22.7. The minimum atomic E-state index is -3.71. The minimum absolute atomic E-state index is 0.00615. The molecule has 0 unspecified atom stereocenters. The maximum Gasteiger partial charge on any atom is 0.238 e. The number of carbonyl (C=O) groups is 1. The topological polar surface area (TPSA) is 92.5 Å². The van der Waals surface area contributed by atoms with Gasteiger partial charge in [-0.2, -0.15) is 0 Å². The maximum absolute atomic E-state index is 12.6. The monoisotopic (exact) mass is 435 g/mol. The van der Waals surface area contributed by atoms with E-state index in [1.807, 2.05) is 36.4 Å². The van der Waals surface area contributed by atoms with Gasteiger partial charge in [0.25, 0.3) is 0 Å². The van der Waals surface area contributed by atoms with Gasteiger partial charge < -0.3 is 5.32 Å². The largest absolute Gasteiger partial charge is 0.352 e. The third-order valence-corrected chi connectivity index (χ3v) is 6.52. The van der Waals surface area contributed by atoms with E-state index in [1.54, 1.807) is 12.1 Å². The Morgan fingerprint density at radius 1 is 0.903 bits per heavy atom. The lowest BCUT2D eigenvalue weighted by atomic mass is 9.90. The van der Waals surface area contributed by atoms with E-state index in [0.717, 1.165) is 5.56 Å². The Morgan fingerprint density at radius 2 is 1.42 bits per heavy atom.